The molecule has 6 nitrogen and oxygen atoms in total. The minimum absolute atomic E-state index is 0.0361. The summed E-state index contributed by atoms with van der Waals surface area (Å²) in [7, 11) is -4.67. The smallest absolute Gasteiger partial charge is 0.416 e. The van der Waals surface area contributed by atoms with E-state index in [1.807, 2.05) is 39.0 Å². The number of rotatable bonds is 3. The lowest BCUT2D eigenvalue weighted by molar-refractivity contribution is -0.137. The van der Waals surface area contributed by atoms with Gasteiger partial charge in [0.1, 0.15) is 11.5 Å². The molecule has 10 heteroatoms. The van der Waals surface area contributed by atoms with Crippen molar-refractivity contribution in [2.75, 3.05) is 5.73 Å². The molecule has 27 heavy (non-hydrogen) atoms. The van der Waals surface area contributed by atoms with E-state index in [2.05, 4.69) is 0 Å². The Bertz CT molecular complexity index is 888. The average molecular weight is 407 g/mol. The van der Waals surface area contributed by atoms with Crippen LogP contribution in [-0.4, -0.2) is 17.5 Å². The third-order valence-electron chi connectivity index (χ3n) is 3.35. The molecule has 0 atom stereocenters. The van der Waals surface area contributed by atoms with Crippen LogP contribution in [0.25, 0.3) is 0 Å². The molecule has 0 unspecified atom stereocenters. The van der Waals surface area contributed by atoms with E-state index in [0.717, 1.165) is 23.3 Å². The van der Waals surface area contributed by atoms with E-state index in [4.69, 9.17) is 28.0 Å². The van der Waals surface area contributed by atoms with Crippen molar-refractivity contribution in [3.8, 4) is 11.5 Å². The van der Waals surface area contributed by atoms with Crippen LogP contribution in [0.5, 0.6) is 11.5 Å². The Morgan fingerprint density at radius 1 is 1.04 bits per heavy atom. The van der Waals surface area contributed by atoms with Gasteiger partial charge in [-0.15, -0.1) is 0 Å². The number of anilines is 1. The molecular formula is C17H20F3NO5S. The van der Waals surface area contributed by atoms with Gasteiger partial charge < -0.3 is 10.5 Å². The molecule has 0 bridgehead atoms. The number of nitrogen functional groups attached to an aromatic ring is 1. The molecule has 4 N–H and O–H groups in total. The molecule has 150 valence electrons. The highest BCUT2D eigenvalue weighted by Gasteiger charge is 2.31. The maximum Gasteiger partial charge on any atom is 0.416 e. The van der Waals surface area contributed by atoms with E-state index in [9.17, 15) is 13.2 Å². The molecule has 2 aromatic rings. The Kier molecular flexibility index (Phi) is 7.24. The first kappa shape index (κ1) is 22.7. The van der Waals surface area contributed by atoms with Crippen LogP contribution in [0, 0.1) is 6.92 Å². The summed E-state index contributed by atoms with van der Waals surface area (Å²) in [6.45, 7) is 5.97. The van der Waals surface area contributed by atoms with Crippen molar-refractivity contribution in [2.45, 2.75) is 32.9 Å². The Balaban J connectivity index is 0.000000646. The molecule has 0 aliphatic heterocycles. The van der Waals surface area contributed by atoms with Gasteiger partial charge >= 0.3 is 16.6 Å². The molecule has 0 heterocycles. The number of nitrogens with two attached hydrogens (primary N) is 1. The second-order valence-electron chi connectivity index (χ2n) is 6.00. The van der Waals surface area contributed by atoms with Crippen LogP contribution in [0.1, 0.15) is 36.5 Å². The summed E-state index contributed by atoms with van der Waals surface area (Å²) in [5.74, 6) is 1.06. The molecule has 0 fully saturated rings. The third-order valence-corrected chi connectivity index (χ3v) is 3.35. The number of halogens is 3. The third kappa shape index (κ3) is 7.85. The average Bonchev–Trinajstić information content (AvgIpc) is 2.46. The molecular weight excluding hydrogens is 387 g/mol. The zero-order valence-corrected chi connectivity index (χ0v) is 15.6. The SMILES string of the molecule is Cc1ccc(C(C)C)c(Oc2ccc(C(F)(F)F)cc2N)c1.O=S(=O)(O)O. The van der Waals surface area contributed by atoms with Crippen molar-refractivity contribution in [1.82, 2.24) is 0 Å². The molecule has 0 aliphatic rings. The summed E-state index contributed by atoms with van der Waals surface area (Å²) in [5.41, 5.74) is 6.86. The highest BCUT2D eigenvalue weighted by molar-refractivity contribution is 7.79. The fourth-order valence-electron chi connectivity index (χ4n) is 2.14. The minimum Gasteiger partial charge on any atom is -0.455 e. The fraction of sp³-hybridized carbons (Fsp3) is 0.294. The zero-order valence-electron chi connectivity index (χ0n) is 14.8. The van der Waals surface area contributed by atoms with E-state index >= 15 is 0 Å². The Morgan fingerprint density at radius 2 is 1.59 bits per heavy atom. The molecule has 0 spiro atoms. The van der Waals surface area contributed by atoms with Crippen molar-refractivity contribution in [3.05, 3.63) is 53.1 Å². The van der Waals surface area contributed by atoms with Gasteiger partial charge in [-0.2, -0.15) is 21.6 Å². The van der Waals surface area contributed by atoms with Crippen LogP contribution in [0.4, 0.5) is 18.9 Å². The second kappa shape index (κ2) is 8.59. The van der Waals surface area contributed by atoms with Crippen molar-refractivity contribution in [2.24, 2.45) is 0 Å². The first-order valence-electron chi connectivity index (χ1n) is 7.63. The van der Waals surface area contributed by atoms with E-state index in [1.165, 1.54) is 6.07 Å². The summed E-state index contributed by atoms with van der Waals surface area (Å²) in [6.07, 6.45) is -4.42. The predicted molar refractivity (Wildman–Crippen MR) is 95.4 cm³/mol. The highest BCUT2D eigenvalue weighted by Crippen LogP contribution is 2.37. The van der Waals surface area contributed by atoms with E-state index in [-0.39, 0.29) is 17.4 Å². The van der Waals surface area contributed by atoms with Gasteiger partial charge in [-0.1, -0.05) is 26.0 Å². The van der Waals surface area contributed by atoms with Crippen molar-refractivity contribution >= 4 is 16.1 Å². The topological polar surface area (TPSA) is 110 Å². The van der Waals surface area contributed by atoms with E-state index in [1.54, 1.807) is 0 Å². The van der Waals surface area contributed by atoms with Crippen molar-refractivity contribution in [3.63, 3.8) is 0 Å². The highest BCUT2D eigenvalue weighted by atomic mass is 32.3. The standard InChI is InChI=1S/C17H18F3NO.H2O4S/c1-10(2)13-6-4-11(3)8-16(13)22-15-7-5-12(9-14(15)21)17(18,19)20;1-5(2,3)4/h4-10H,21H2,1-3H3;(H2,1,2,3,4). The summed E-state index contributed by atoms with van der Waals surface area (Å²) >= 11 is 0. The Labute approximate surface area is 155 Å². The van der Waals surface area contributed by atoms with Crippen LogP contribution in [-0.2, 0) is 16.6 Å². The van der Waals surface area contributed by atoms with E-state index < -0.39 is 22.1 Å². The quantitative estimate of drug-likeness (QED) is 0.495. The van der Waals surface area contributed by atoms with Crippen molar-refractivity contribution < 1.29 is 35.4 Å². The summed E-state index contributed by atoms with van der Waals surface area (Å²) in [4.78, 5) is 0. The van der Waals surface area contributed by atoms with Crippen LogP contribution in [0.15, 0.2) is 36.4 Å². The van der Waals surface area contributed by atoms with Gasteiger partial charge in [0, 0.05) is 0 Å². The second-order valence-corrected chi connectivity index (χ2v) is 6.89. The molecule has 0 saturated carbocycles. The van der Waals surface area contributed by atoms with Gasteiger partial charge in [-0.05, 0) is 48.2 Å². The molecule has 0 radical (unpaired) electrons. The monoisotopic (exact) mass is 407 g/mol. The number of benzene rings is 2. The van der Waals surface area contributed by atoms with Crippen LogP contribution in [0.2, 0.25) is 0 Å². The maximum atomic E-state index is 12.7. The molecule has 2 aromatic carbocycles. The summed E-state index contributed by atoms with van der Waals surface area (Å²) in [5, 5.41) is 0. The summed E-state index contributed by atoms with van der Waals surface area (Å²) in [6, 6.07) is 8.89. The largest absolute Gasteiger partial charge is 0.455 e. The number of aryl methyl sites for hydroxylation is 1. The lowest BCUT2D eigenvalue weighted by Gasteiger charge is -2.16. The fourth-order valence-corrected chi connectivity index (χ4v) is 2.14. The van der Waals surface area contributed by atoms with Gasteiger partial charge in [0.15, 0.2) is 0 Å². The molecule has 0 amide bonds. The molecule has 0 saturated heterocycles. The van der Waals surface area contributed by atoms with Crippen LogP contribution in [0.3, 0.4) is 0 Å². The Hall–Kier alpha value is -2.30. The molecule has 0 aromatic heterocycles. The van der Waals surface area contributed by atoms with E-state index in [0.29, 0.717) is 5.75 Å². The Morgan fingerprint density at radius 3 is 2.04 bits per heavy atom. The first-order chi connectivity index (χ1) is 12.2. The number of hydrogen-bond acceptors (Lipinski definition) is 4. The number of alkyl halides is 3. The van der Waals surface area contributed by atoms with Gasteiger partial charge in [-0.3, -0.25) is 9.11 Å². The lowest BCUT2D eigenvalue weighted by Crippen LogP contribution is -2.06. The van der Waals surface area contributed by atoms with Crippen LogP contribution < -0.4 is 10.5 Å². The van der Waals surface area contributed by atoms with Crippen molar-refractivity contribution in [1.29, 1.82) is 0 Å². The van der Waals surface area contributed by atoms with Gasteiger partial charge in [0.2, 0.25) is 0 Å². The predicted octanol–water partition coefficient (Wildman–Crippen LogP) is 4.86. The van der Waals surface area contributed by atoms with Gasteiger partial charge in [0.25, 0.3) is 0 Å². The minimum atomic E-state index is -4.67. The normalized spacial score (nSPS) is 11.7. The lowest BCUT2D eigenvalue weighted by atomic mass is 10.0. The van der Waals surface area contributed by atoms with Gasteiger partial charge in [-0.25, -0.2) is 0 Å². The first-order valence-corrected chi connectivity index (χ1v) is 9.03. The number of ether oxygens (including phenoxy) is 1. The molecule has 0 aliphatic carbocycles. The zero-order chi connectivity index (χ0) is 21.0. The van der Waals surface area contributed by atoms with Crippen LogP contribution >= 0.6 is 0 Å². The molecule has 2 rings (SSSR count). The maximum absolute atomic E-state index is 12.7. The summed E-state index contributed by atoms with van der Waals surface area (Å²) < 4.78 is 75.3. The number of hydrogen-bond donors (Lipinski definition) is 3. The van der Waals surface area contributed by atoms with Gasteiger partial charge in [0.05, 0.1) is 11.3 Å².